The third kappa shape index (κ3) is 1.80. The van der Waals surface area contributed by atoms with E-state index in [9.17, 15) is 4.79 Å². The fourth-order valence-electron chi connectivity index (χ4n) is 1.01. The molecule has 0 spiro atoms. The Kier molecular flexibility index (Phi) is 1.94. The van der Waals surface area contributed by atoms with Crippen LogP contribution in [0.4, 0.5) is 0 Å². The Morgan fingerprint density at radius 2 is 2.45 bits per heavy atom. The Morgan fingerprint density at radius 1 is 1.82 bits per heavy atom. The number of hydrogen-bond donors (Lipinski definition) is 1. The number of nitrogens with two attached hydrogens (primary N) is 1. The SMILES string of the molecule is Cc1nn(C)cc1CC(N)=O. The molecule has 0 saturated carbocycles. The first kappa shape index (κ1) is 7.78. The van der Waals surface area contributed by atoms with Crippen LogP contribution < -0.4 is 5.73 Å². The summed E-state index contributed by atoms with van der Waals surface area (Å²) in [7, 11) is 1.82. The molecule has 0 aliphatic rings. The maximum absolute atomic E-state index is 10.5. The van der Waals surface area contributed by atoms with Gasteiger partial charge in [-0.25, -0.2) is 0 Å². The van der Waals surface area contributed by atoms with Crippen molar-refractivity contribution in [3.05, 3.63) is 17.5 Å². The average molecular weight is 153 g/mol. The van der Waals surface area contributed by atoms with Crippen LogP contribution in [0, 0.1) is 6.92 Å². The molecule has 11 heavy (non-hydrogen) atoms. The molecule has 1 aromatic heterocycles. The van der Waals surface area contributed by atoms with Crippen molar-refractivity contribution >= 4 is 5.91 Å². The van der Waals surface area contributed by atoms with E-state index < -0.39 is 0 Å². The zero-order valence-electron chi connectivity index (χ0n) is 6.66. The molecule has 1 amide bonds. The van der Waals surface area contributed by atoms with Gasteiger partial charge in [-0.3, -0.25) is 9.48 Å². The van der Waals surface area contributed by atoms with Gasteiger partial charge in [0.05, 0.1) is 12.1 Å². The van der Waals surface area contributed by atoms with E-state index in [2.05, 4.69) is 5.10 Å². The van der Waals surface area contributed by atoms with Crippen molar-refractivity contribution in [1.82, 2.24) is 9.78 Å². The third-order valence-corrected chi connectivity index (χ3v) is 1.48. The first-order chi connectivity index (χ1) is 5.09. The summed E-state index contributed by atoms with van der Waals surface area (Å²) in [4.78, 5) is 10.5. The normalized spacial score (nSPS) is 10.0. The summed E-state index contributed by atoms with van der Waals surface area (Å²) in [5.74, 6) is -0.318. The zero-order valence-corrected chi connectivity index (χ0v) is 6.66. The van der Waals surface area contributed by atoms with Gasteiger partial charge in [0, 0.05) is 18.8 Å². The largest absolute Gasteiger partial charge is 0.369 e. The second-order valence-electron chi connectivity index (χ2n) is 2.56. The standard InChI is InChI=1S/C7H11N3O/c1-5-6(3-7(8)11)4-10(2)9-5/h4H,3H2,1-2H3,(H2,8,11). The minimum absolute atomic E-state index is 0.277. The predicted octanol–water partition coefficient (Wildman–Crippen LogP) is -0.244. The molecule has 0 bridgehead atoms. The van der Waals surface area contributed by atoms with E-state index in [1.807, 2.05) is 14.0 Å². The molecule has 0 radical (unpaired) electrons. The maximum Gasteiger partial charge on any atom is 0.221 e. The van der Waals surface area contributed by atoms with Gasteiger partial charge < -0.3 is 5.73 Å². The number of carbonyl (C=O) groups excluding carboxylic acids is 1. The number of aryl methyl sites for hydroxylation is 2. The topological polar surface area (TPSA) is 60.9 Å². The number of carbonyl (C=O) groups is 1. The molecule has 2 N–H and O–H groups in total. The van der Waals surface area contributed by atoms with E-state index in [1.165, 1.54) is 0 Å². The minimum atomic E-state index is -0.318. The van der Waals surface area contributed by atoms with Crippen molar-refractivity contribution in [2.75, 3.05) is 0 Å². The van der Waals surface area contributed by atoms with Crippen LogP contribution in [-0.4, -0.2) is 15.7 Å². The number of hydrogen-bond acceptors (Lipinski definition) is 2. The van der Waals surface area contributed by atoms with Crippen LogP contribution in [0.3, 0.4) is 0 Å². The summed E-state index contributed by atoms with van der Waals surface area (Å²) in [5, 5.41) is 4.07. The van der Waals surface area contributed by atoms with Crippen LogP contribution in [-0.2, 0) is 18.3 Å². The monoisotopic (exact) mass is 153 g/mol. The highest BCUT2D eigenvalue weighted by molar-refractivity contribution is 5.76. The number of rotatable bonds is 2. The van der Waals surface area contributed by atoms with Gasteiger partial charge in [0.15, 0.2) is 0 Å². The summed E-state index contributed by atoms with van der Waals surface area (Å²) in [6, 6.07) is 0. The smallest absolute Gasteiger partial charge is 0.221 e. The summed E-state index contributed by atoms with van der Waals surface area (Å²) in [5.41, 5.74) is 6.80. The van der Waals surface area contributed by atoms with E-state index in [0.717, 1.165) is 11.3 Å². The van der Waals surface area contributed by atoms with Crippen molar-refractivity contribution in [2.24, 2.45) is 12.8 Å². The lowest BCUT2D eigenvalue weighted by Crippen LogP contribution is -2.13. The van der Waals surface area contributed by atoms with Gasteiger partial charge in [-0.1, -0.05) is 0 Å². The van der Waals surface area contributed by atoms with E-state index in [-0.39, 0.29) is 12.3 Å². The molecule has 1 rings (SSSR count). The van der Waals surface area contributed by atoms with Gasteiger partial charge in [-0.05, 0) is 6.92 Å². The van der Waals surface area contributed by atoms with Gasteiger partial charge in [0.2, 0.25) is 5.91 Å². The molecular weight excluding hydrogens is 142 g/mol. The number of nitrogens with zero attached hydrogens (tertiary/aromatic N) is 2. The summed E-state index contributed by atoms with van der Waals surface area (Å²) < 4.78 is 1.67. The molecule has 4 nitrogen and oxygen atoms in total. The average Bonchev–Trinajstić information content (AvgIpc) is 2.09. The highest BCUT2D eigenvalue weighted by atomic mass is 16.1. The van der Waals surface area contributed by atoms with Crippen molar-refractivity contribution < 1.29 is 4.79 Å². The van der Waals surface area contributed by atoms with Crippen LogP contribution in [0.15, 0.2) is 6.20 Å². The molecule has 0 fully saturated rings. The lowest BCUT2D eigenvalue weighted by Gasteiger charge is -1.90. The lowest BCUT2D eigenvalue weighted by molar-refractivity contribution is -0.117. The number of primary amides is 1. The van der Waals surface area contributed by atoms with E-state index in [0.29, 0.717) is 0 Å². The van der Waals surface area contributed by atoms with E-state index in [1.54, 1.807) is 10.9 Å². The van der Waals surface area contributed by atoms with E-state index >= 15 is 0 Å². The molecular formula is C7H11N3O. The summed E-state index contributed by atoms with van der Waals surface area (Å²) >= 11 is 0. The fourth-order valence-corrected chi connectivity index (χ4v) is 1.01. The highest BCUT2D eigenvalue weighted by Crippen LogP contribution is 2.04. The molecule has 4 heteroatoms. The van der Waals surface area contributed by atoms with Gasteiger partial charge in [-0.15, -0.1) is 0 Å². The molecule has 0 aromatic carbocycles. The van der Waals surface area contributed by atoms with Crippen molar-refractivity contribution in [3.63, 3.8) is 0 Å². The second kappa shape index (κ2) is 2.74. The van der Waals surface area contributed by atoms with E-state index in [4.69, 9.17) is 5.73 Å². The van der Waals surface area contributed by atoms with Crippen LogP contribution in [0.25, 0.3) is 0 Å². The third-order valence-electron chi connectivity index (χ3n) is 1.48. The van der Waals surface area contributed by atoms with Crippen LogP contribution in [0.5, 0.6) is 0 Å². The zero-order chi connectivity index (χ0) is 8.43. The van der Waals surface area contributed by atoms with Gasteiger partial charge in [-0.2, -0.15) is 5.10 Å². The Hall–Kier alpha value is -1.32. The van der Waals surface area contributed by atoms with Crippen molar-refractivity contribution in [2.45, 2.75) is 13.3 Å². The first-order valence-electron chi connectivity index (χ1n) is 3.37. The van der Waals surface area contributed by atoms with Crippen LogP contribution in [0.1, 0.15) is 11.3 Å². The predicted molar refractivity (Wildman–Crippen MR) is 40.8 cm³/mol. The van der Waals surface area contributed by atoms with Crippen LogP contribution >= 0.6 is 0 Å². The molecule has 0 aliphatic carbocycles. The first-order valence-corrected chi connectivity index (χ1v) is 3.37. The molecule has 0 saturated heterocycles. The Balaban J connectivity index is 2.85. The molecule has 1 aromatic rings. The van der Waals surface area contributed by atoms with Crippen molar-refractivity contribution in [1.29, 1.82) is 0 Å². The summed E-state index contributed by atoms with van der Waals surface area (Å²) in [6.45, 7) is 1.86. The second-order valence-corrected chi connectivity index (χ2v) is 2.56. The Labute approximate surface area is 65.0 Å². The van der Waals surface area contributed by atoms with Crippen LogP contribution in [0.2, 0.25) is 0 Å². The van der Waals surface area contributed by atoms with Gasteiger partial charge in [0.1, 0.15) is 0 Å². The lowest BCUT2D eigenvalue weighted by atomic mass is 10.2. The Bertz CT molecular complexity index is 277. The molecule has 0 aliphatic heterocycles. The maximum atomic E-state index is 10.5. The molecule has 0 unspecified atom stereocenters. The molecule has 0 atom stereocenters. The molecule has 1 heterocycles. The molecule has 60 valence electrons. The number of amides is 1. The van der Waals surface area contributed by atoms with Gasteiger partial charge in [0.25, 0.3) is 0 Å². The fraction of sp³-hybridized carbons (Fsp3) is 0.429. The highest BCUT2D eigenvalue weighted by Gasteiger charge is 2.04. The number of aromatic nitrogens is 2. The minimum Gasteiger partial charge on any atom is -0.369 e. The summed E-state index contributed by atoms with van der Waals surface area (Å²) in [6.07, 6.45) is 2.08. The quantitative estimate of drug-likeness (QED) is 0.637. The van der Waals surface area contributed by atoms with Gasteiger partial charge >= 0.3 is 0 Å². The Morgan fingerprint density at radius 3 is 2.82 bits per heavy atom. The van der Waals surface area contributed by atoms with Crippen molar-refractivity contribution in [3.8, 4) is 0 Å².